The van der Waals surface area contributed by atoms with Gasteiger partial charge in [0.05, 0.1) is 0 Å². The number of hydrogen-bond donors (Lipinski definition) is 0. The first-order chi connectivity index (χ1) is 15.4. The van der Waals surface area contributed by atoms with E-state index in [-0.39, 0.29) is 0 Å². The van der Waals surface area contributed by atoms with Crippen molar-refractivity contribution in [3.05, 3.63) is 12.2 Å². The lowest BCUT2D eigenvalue weighted by atomic mass is 10.0. The van der Waals surface area contributed by atoms with Gasteiger partial charge in [-0.3, -0.25) is 0 Å². The monoisotopic (exact) mass is 434 g/mol. The summed E-state index contributed by atoms with van der Waals surface area (Å²) in [4.78, 5) is 0. The summed E-state index contributed by atoms with van der Waals surface area (Å²) in [6, 6.07) is 0. The Hall–Kier alpha value is -0.260. The topological polar surface area (TPSA) is 0 Å². The zero-order valence-corrected chi connectivity index (χ0v) is 22.2. The fourth-order valence-corrected chi connectivity index (χ4v) is 4.62. The van der Waals surface area contributed by atoms with Crippen LogP contribution in [0.15, 0.2) is 12.2 Å². The van der Waals surface area contributed by atoms with Crippen LogP contribution in [0.2, 0.25) is 0 Å². The highest BCUT2D eigenvalue weighted by Gasteiger charge is 1.94. The molecule has 0 radical (unpaired) electrons. The van der Waals surface area contributed by atoms with Crippen LogP contribution in [0.3, 0.4) is 0 Å². The van der Waals surface area contributed by atoms with Gasteiger partial charge in [0.15, 0.2) is 0 Å². The molecule has 0 aromatic rings. The first kappa shape index (κ1) is 30.7. The van der Waals surface area contributed by atoms with Gasteiger partial charge < -0.3 is 0 Å². The summed E-state index contributed by atoms with van der Waals surface area (Å²) in [5, 5.41) is 0. The molecule has 0 aliphatic rings. The molecule has 0 heterocycles. The molecule has 186 valence electrons. The summed E-state index contributed by atoms with van der Waals surface area (Å²) < 4.78 is 0. The van der Waals surface area contributed by atoms with E-state index in [1.54, 1.807) is 0 Å². The minimum absolute atomic E-state index is 1.32. The standard InChI is InChI=1S/C31H62/c1-3-5-7-9-11-13-15-17-19-21-23-25-27-29-31-30-28-26-24-22-20-18-16-14-12-10-8-6-4-2/h29,31H,3-28,30H2,1-2H3/b31-29-. The van der Waals surface area contributed by atoms with Crippen LogP contribution in [0.1, 0.15) is 187 Å². The first-order valence-electron chi connectivity index (χ1n) is 15.1. The lowest BCUT2D eigenvalue weighted by Crippen LogP contribution is -1.83. The second kappa shape index (κ2) is 29.7. The van der Waals surface area contributed by atoms with Crippen molar-refractivity contribution in [1.29, 1.82) is 0 Å². The molecule has 0 heteroatoms. The Labute approximate surface area is 199 Å². The molecule has 0 aliphatic heterocycles. The van der Waals surface area contributed by atoms with Crippen LogP contribution in [0.5, 0.6) is 0 Å². The van der Waals surface area contributed by atoms with Crippen LogP contribution >= 0.6 is 0 Å². The van der Waals surface area contributed by atoms with Crippen molar-refractivity contribution in [3.8, 4) is 0 Å². The van der Waals surface area contributed by atoms with Gasteiger partial charge in [0.25, 0.3) is 0 Å². The minimum atomic E-state index is 1.32. The first-order valence-corrected chi connectivity index (χ1v) is 15.1. The third kappa shape index (κ3) is 29.7. The van der Waals surface area contributed by atoms with E-state index in [2.05, 4.69) is 26.0 Å². The third-order valence-electron chi connectivity index (χ3n) is 6.87. The van der Waals surface area contributed by atoms with E-state index in [4.69, 9.17) is 0 Å². The molecule has 0 saturated carbocycles. The smallest absolute Gasteiger partial charge is 0.0351 e. The maximum atomic E-state index is 2.46. The molecule has 0 nitrogen and oxygen atoms in total. The summed E-state index contributed by atoms with van der Waals surface area (Å²) in [5.74, 6) is 0. The third-order valence-corrected chi connectivity index (χ3v) is 6.87. The minimum Gasteiger partial charge on any atom is -0.0885 e. The van der Waals surface area contributed by atoms with Crippen LogP contribution in [-0.2, 0) is 0 Å². The zero-order valence-electron chi connectivity index (χ0n) is 22.2. The lowest BCUT2D eigenvalue weighted by molar-refractivity contribution is 0.540. The van der Waals surface area contributed by atoms with E-state index in [9.17, 15) is 0 Å². The van der Waals surface area contributed by atoms with Crippen molar-refractivity contribution < 1.29 is 0 Å². The van der Waals surface area contributed by atoms with Gasteiger partial charge in [-0.25, -0.2) is 0 Å². The Morgan fingerprint density at radius 1 is 0.258 bits per heavy atom. The molecule has 0 aromatic carbocycles. The summed E-state index contributed by atoms with van der Waals surface area (Å²) in [6.07, 6.45) is 43.9. The van der Waals surface area contributed by atoms with Crippen molar-refractivity contribution in [2.75, 3.05) is 0 Å². The van der Waals surface area contributed by atoms with Crippen LogP contribution < -0.4 is 0 Å². The predicted octanol–water partition coefficient (Wildman–Crippen LogP) is 12.1. The molecule has 0 rings (SSSR count). The number of hydrogen-bond acceptors (Lipinski definition) is 0. The van der Waals surface area contributed by atoms with Gasteiger partial charge in [0.2, 0.25) is 0 Å². The Bertz CT molecular complexity index is 316. The molecule has 0 saturated heterocycles. The van der Waals surface area contributed by atoms with Gasteiger partial charge in [-0.1, -0.05) is 174 Å². The van der Waals surface area contributed by atoms with Crippen LogP contribution in [0, 0.1) is 0 Å². The van der Waals surface area contributed by atoms with E-state index in [1.165, 1.54) is 173 Å². The Balaban J connectivity index is 3.06. The van der Waals surface area contributed by atoms with E-state index in [1.807, 2.05) is 0 Å². The second-order valence-electron chi connectivity index (χ2n) is 10.2. The molecule has 0 N–H and O–H groups in total. The largest absolute Gasteiger partial charge is 0.0885 e. The molecule has 0 spiro atoms. The SMILES string of the molecule is CCCCCCCCCCCCCC/C=C\CCCCCCCCCCCCCCC. The zero-order chi connectivity index (χ0) is 22.5. The van der Waals surface area contributed by atoms with Gasteiger partial charge in [-0.05, 0) is 25.7 Å². The summed E-state index contributed by atoms with van der Waals surface area (Å²) >= 11 is 0. The Morgan fingerprint density at radius 3 is 0.677 bits per heavy atom. The molecule has 0 fully saturated rings. The highest BCUT2D eigenvalue weighted by Crippen LogP contribution is 2.14. The summed E-state index contributed by atoms with van der Waals surface area (Å²) in [6.45, 7) is 4.60. The van der Waals surface area contributed by atoms with E-state index in [0.29, 0.717) is 0 Å². The Kier molecular flexibility index (Phi) is 29.5. The summed E-state index contributed by atoms with van der Waals surface area (Å²) in [7, 11) is 0. The van der Waals surface area contributed by atoms with Crippen LogP contribution in [0.25, 0.3) is 0 Å². The molecule has 0 aromatic heterocycles. The van der Waals surface area contributed by atoms with Crippen molar-refractivity contribution in [1.82, 2.24) is 0 Å². The van der Waals surface area contributed by atoms with Gasteiger partial charge in [0, 0.05) is 0 Å². The molecule has 0 amide bonds. The highest BCUT2D eigenvalue weighted by molar-refractivity contribution is 4.81. The molecule has 0 aliphatic carbocycles. The van der Waals surface area contributed by atoms with E-state index < -0.39 is 0 Å². The van der Waals surface area contributed by atoms with E-state index in [0.717, 1.165) is 0 Å². The quantitative estimate of drug-likeness (QED) is 0.0890. The maximum absolute atomic E-state index is 2.46. The molecule has 0 unspecified atom stereocenters. The highest BCUT2D eigenvalue weighted by atomic mass is 14.0. The van der Waals surface area contributed by atoms with Crippen LogP contribution in [-0.4, -0.2) is 0 Å². The van der Waals surface area contributed by atoms with Gasteiger partial charge >= 0.3 is 0 Å². The molecule has 0 bridgehead atoms. The normalized spacial score (nSPS) is 11.7. The lowest BCUT2D eigenvalue weighted by Gasteiger charge is -2.02. The molecular formula is C31H62. The second-order valence-corrected chi connectivity index (χ2v) is 10.2. The number of allylic oxidation sites excluding steroid dienone is 2. The van der Waals surface area contributed by atoms with Crippen LogP contribution in [0.4, 0.5) is 0 Å². The summed E-state index contributed by atoms with van der Waals surface area (Å²) in [5.41, 5.74) is 0. The fraction of sp³-hybridized carbons (Fsp3) is 0.935. The molecular weight excluding hydrogens is 372 g/mol. The van der Waals surface area contributed by atoms with Gasteiger partial charge in [0.1, 0.15) is 0 Å². The van der Waals surface area contributed by atoms with Crippen molar-refractivity contribution in [2.24, 2.45) is 0 Å². The fourth-order valence-electron chi connectivity index (χ4n) is 4.62. The number of unbranched alkanes of at least 4 members (excludes halogenated alkanes) is 25. The van der Waals surface area contributed by atoms with Crippen molar-refractivity contribution in [2.45, 2.75) is 187 Å². The van der Waals surface area contributed by atoms with Gasteiger partial charge in [-0.2, -0.15) is 0 Å². The average Bonchev–Trinajstić information content (AvgIpc) is 2.78. The Morgan fingerprint density at radius 2 is 0.452 bits per heavy atom. The van der Waals surface area contributed by atoms with Crippen molar-refractivity contribution >= 4 is 0 Å². The van der Waals surface area contributed by atoms with E-state index >= 15 is 0 Å². The number of rotatable bonds is 27. The molecule has 0 atom stereocenters. The maximum Gasteiger partial charge on any atom is -0.0351 e. The average molecular weight is 435 g/mol. The van der Waals surface area contributed by atoms with Crippen molar-refractivity contribution in [3.63, 3.8) is 0 Å². The predicted molar refractivity (Wildman–Crippen MR) is 145 cm³/mol. The van der Waals surface area contributed by atoms with Gasteiger partial charge in [-0.15, -0.1) is 0 Å². The molecule has 31 heavy (non-hydrogen) atoms.